The number of rotatable bonds is 2. The first-order valence-corrected chi connectivity index (χ1v) is 10.2. The van der Waals surface area contributed by atoms with Crippen LogP contribution in [0.3, 0.4) is 0 Å². The first-order chi connectivity index (χ1) is 15.6. The fourth-order valence-corrected chi connectivity index (χ4v) is 3.13. The van der Waals surface area contributed by atoms with Crippen molar-refractivity contribution in [1.29, 1.82) is 0 Å². The third-order valence-electron chi connectivity index (χ3n) is 4.78. The molecule has 0 heterocycles. The summed E-state index contributed by atoms with van der Waals surface area (Å²) in [5, 5.41) is 16.4. The fourth-order valence-electron chi connectivity index (χ4n) is 3.13. The topological polar surface area (TPSA) is 102 Å². The highest BCUT2D eigenvalue weighted by molar-refractivity contribution is 6.33. The van der Waals surface area contributed by atoms with Crippen molar-refractivity contribution in [2.45, 2.75) is 41.5 Å². The van der Waals surface area contributed by atoms with Crippen molar-refractivity contribution < 1.29 is 32.3 Å². The Kier molecular flexibility index (Phi) is 10.4. The van der Waals surface area contributed by atoms with E-state index in [-0.39, 0.29) is 6.07 Å². The number of benzene rings is 3. The zero-order valence-electron chi connectivity index (χ0n) is 19.9. The molecule has 0 amide bonds. The van der Waals surface area contributed by atoms with Crippen molar-refractivity contribution in [3.8, 4) is 5.75 Å². The lowest BCUT2D eigenvalue weighted by Crippen LogP contribution is -2.21. The third kappa shape index (κ3) is 7.96. The van der Waals surface area contributed by atoms with Gasteiger partial charge in [-0.15, -0.1) is 0 Å². The molecule has 0 aromatic heterocycles. The summed E-state index contributed by atoms with van der Waals surface area (Å²) in [6, 6.07) is 8.56. The van der Waals surface area contributed by atoms with Crippen LogP contribution in [0.2, 0.25) is 0 Å². The predicted molar refractivity (Wildman–Crippen MR) is 127 cm³/mol. The monoisotopic (exact) mass is 480 g/mol. The molecule has 184 valence electrons. The maximum atomic E-state index is 12.7. The zero-order chi connectivity index (χ0) is 26.3. The van der Waals surface area contributed by atoms with Crippen LogP contribution in [0.15, 0.2) is 30.3 Å². The van der Waals surface area contributed by atoms with Crippen LogP contribution in [0.4, 0.5) is 28.9 Å². The average molecular weight is 480 g/mol. The molecule has 0 aliphatic rings. The normalized spacial score (nSPS) is 10.0. The molecule has 0 radical (unpaired) electrons. The van der Waals surface area contributed by atoms with Gasteiger partial charge in [0.2, 0.25) is 11.6 Å². The van der Waals surface area contributed by atoms with Gasteiger partial charge in [-0.1, -0.05) is 35.4 Å². The molecule has 10 heteroatoms. The lowest BCUT2D eigenvalue weighted by atomic mass is 10.1. The highest BCUT2D eigenvalue weighted by atomic mass is 19.2. The Balaban J connectivity index is 0.000000261. The summed E-state index contributed by atoms with van der Waals surface area (Å²) < 4.78 is 53.8. The number of anilines is 2. The van der Waals surface area contributed by atoms with Gasteiger partial charge in [-0.25, -0.2) is 13.2 Å². The number of hydrogen-bond acceptors (Lipinski definition) is 5. The van der Waals surface area contributed by atoms with E-state index in [0.717, 1.165) is 11.4 Å². The maximum Gasteiger partial charge on any atom is 0.707 e. The van der Waals surface area contributed by atoms with Crippen LogP contribution < -0.4 is 16.1 Å². The summed E-state index contributed by atoms with van der Waals surface area (Å²) in [5.41, 5.74) is 20.6. The number of hydrogen-bond donors (Lipinski definition) is 4. The van der Waals surface area contributed by atoms with E-state index in [1.165, 1.54) is 33.4 Å². The van der Waals surface area contributed by atoms with Crippen LogP contribution in [-0.4, -0.2) is 17.4 Å². The van der Waals surface area contributed by atoms with Crippen LogP contribution in [0.5, 0.6) is 5.75 Å². The molecule has 34 heavy (non-hydrogen) atoms. The van der Waals surface area contributed by atoms with Crippen LogP contribution in [0.25, 0.3) is 0 Å². The van der Waals surface area contributed by atoms with Crippen LogP contribution in [-0.2, 0) is 0 Å². The van der Waals surface area contributed by atoms with E-state index in [4.69, 9.17) is 21.5 Å². The van der Waals surface area contributed by atoms with Gasteiger partial charge in [0.25, 0.3) is 0 Å². The number of nitrogen functional groups attached to an aromatic ring is 2. The van der Waals surface area contributed by atoms with E-state index in [1.54, 1.807) is 0 Å². The number of halogens is 4. The molecule has 5 nitrogen and oxygen atoms in total. The number of aryl methyl sites for hydroxylation is 6. The summed E-state index contributed by atoms with van der Waals surface area (Å²) in [7, 11) is -2.45. The maximum absolute atomic E-state index is 12.7. The molecule has 0 unspecified atom stereocenters. The molecule has 0 saturated carbocycles. The highest BCUT2D eigenvalue weighted by Crippen LogP contribution is 2.24. The first kappa shape index (κ1) is 28.8. The second kappa shape index (κ2) is 12.3. The van der Waals surface area contributed by atoms with Gasteiger partial charge in [0.15, 0.2) is 11.6 Å². The Bertz CT molecular complexity index is 1060. The minimum Gasteiger partial charge on any atom is -0.509 e. The van der Waals surface area contributed by atoms with Crippen molar-refractivity contribution in [3.05, 3.63) is 87.0 Å². The van der Waals surface area contributed by atoms with E-state index < -0.39 is 36.3 Å². The molecule has 0 fully saturated rings. The summed E-state index contributed by atoms with van der Waals surface area (Å²) in [6.45, 7) is 12.3. The molecule has 0 saturated heterocycles. The van der Waals surface area contributed by atoms with Crippen molar-refractivity contribution in [2.75, 3.05) is 11.5 Å². The van der Waals surface area contributed by atoms with E-state index in [9.17, 15) is 17.6 Å². The van der Waals surface area contributed by atoms with E-state index >= 15 is 0 Å². The standard InChI is InChI=1S/2C9H13N.C6H3BF4O3/c2*1-6-4-7(2)9(10)8(3)5-6;8-2-1-3(14-7(12)13)5(10)6(11)4(2)9/h2*4-5H,10H2,1-3H3;1,12-13H. The first-order valence-electron chi connectivity index (χ1n) is 10.2. The molecule has 3 aromatic carbocycles. The Labute approximate surface area is 197 Å². The van der Waals surface area contributed by atoms with Gasteiger partial charge < -0.3 is 26.2 Å². The molecule has 0 bridgehead atoms. The molecule has 3 rings (SSSR count). The van der Waals surface area contributed by atoms with Gasteiger partial charge in [-0.05, 0) is 63.8 Å². The molecule has 3 aromatic rings. The number of nitrogens with two attached hydrogens (primary N) is 2. The van der Waals surface area contributed by atoms with Crippen molar-refractivity contribution in [1.82, 2.24) is 0 Å². The van der Waals surface area contributed by atoms with Crippen LogP contribution >= 0.6 is 0 Å². The van der Waals surface area contributed by atoms with E-state index in [2.05, 4.69) is 42.8 Å². The van der Waals surface area contributed by atoms with Gasteiger partial charge in [-0.3, -0.25) is 0 Å². The van der Waals surface area contributed by atoms with Gasteiger partial charge in [0.05, 0.1) is 0 Å². The Hall–Kier alpha value is -3.24. The molecule has 0 aliphatic carbocycles. The fraction of sp³-hybridized carbons (Fsp3) is 0.250. The van der Waals surface area contributed by atoms with E-state index in [1.807, 2.05) is 27.7 Å². The summed E-state index contributed by atoms with van der Waals surface area (Å²) in [6.07, 6.45) is 0. The molecular formula is C24H29BF4N2O3. The van der Waals surface area contributed by atoms with Crippen molar-refractivity contribution in [2.24, 2.45) is 0 Å². The molecular weight excluding hydrogens is 451 g/mol. The molecule has 0 aliphatic heterocycles. The molecule has 0 atom stereocenters. The Morgan fingerprint density at radius 3 is 1.29 bits per heavy atom. The quantitative estimate of drug-likeness (QED) is 0.136. The average Bonchev–Trinajstić information content (AvgIpc) is 2.73. The van der Waals surface area contributed by atoms with Crippen LogP contribution in [0, 0.1) is 64.8 Å². The minimum atomic E-state index is -2.45. The Morgan fingerprint density at radius 2 is 0.971 bits per heavy atom. The SMILES string of the molecule is Cc1cc(C)c(N)c(C)c1.Cc1cc(C)c(N)c(C)c1.OB(O)Oc1cc(F)c(F)c(F)c1F. The van der Waals surface area contributed by atoms with E-state index in [0.29, 0.717) is 0 Å². The largest absolute Gasteiger partial charge is 0.707 e. The minimum absolute atomic E-state index is 0.160. The summed E-state index contributed by atoms with van der Waals surface area (Å²) in [5.74, 6) is -8.74. The Morgan fingerprint density at radius 1 is 0.618 bits per heavy atom. The van der Waals surface area contributed by atoms with Gasteiger partial charge >= 0.3 is 7.32 Å². The van der Waals surface area contributed by atoms with Crippen LogP contribution in [0.1, 0.15) is 33.4 Å². The third-order valence-corrected chi connectivity index (χ3v) is 4.78. The van der Waals surface area contributed by atoms with Crippen molar-refractivity contribution >= 4 is 18.7 Å². The van der Waals surface area contributed by atoms with Gasteiger partial charge in [0, 0.05) is 17.4 Å². The van der Waals surface area contributed by atoms with Crippen molar-refractivity contribution in [3.63, 3.8) is 0 Å². The lowest BCUT2D eigenvalue weighted by molar-refractivity contribution is 0.276. The second-order valence-corrected chi connectivity index (χ2v) is 7.87. The zero-order valence-corrected chi connectivity index (χ0v) is 19.9. The second-order valence-electron chi connectivity index (χ2n) is 7.87. The predicted octanol–water partition coefficient (Wildman–Crippen LogP) is 4.98. The van der Waals surface area contributed by atoms with Gasteiger partial charge in [0.1, 0.15) is 5.75 Å². The molecule has 0 spiro atoms. The smallest absolute Gasteiger partial charge is 0.509 e. The lowest BCUT2D eigenvalue weighted by Gasteiger charge is -2.06. The highest BCUT2D eigenvalue weighted by Gasteiger charge is 2.23. The summed E-state index contributed by atoms with van der Waals surface area (Å²) in [4.78, 5) is 0. The summed E-state index contributed by atoms with van der Waals surface area (Å²) >= 11 is 0. The molecule has 6 N–H and O–H groups in total. The van der Waals surface area contributed by atoms with Gasteiger partial charge in [-0.2, -0.15) is 4.39 Å².